The zero-order chi connectivity index (χ0) is 8.55. The third-order valence-corrected chi connectivity index (χ3v) is 2.04. The van der Waals surface area contributed by atoms with E-state index in [1.54, 1.807) is 0 Å². The number of aryl methyl sites for hydroxylation is 2. The van der Waals surface area contributed by atoms with E-state index in [1.807, 2.05) is 29.9 Å². The van der Waals surface area contributed by atoms with Crippen molar-refractivity contribution in [2.24, 2.45) is 0 Å². The minimum Gasteiger partial charge on any atom is -0.237 e. The maximum absolute atomic E-state index is 4.27. The van der Waals surface area contributed by atoms with Crippen molar-refractivity contribution in [1.82, 2.24) is 14.6 Å². The van der Waals surface area contributed by atoms with E-state index >= 15 is 0 Å². The van der Waals surface area contributed by atoms with Gasteiger partial charge in [0.05, 0.1) is 6.20 Å². The molecule has 0 unspecified atom stereocenters. The lowest BCUT2D eigenvalue weighted by Crippen LogP contribution is -1.94. The molecule has 12 heavy (non-hydrogen) atoms. The predicted molar refractivity (Wildman–Crippen MR) is 47.1 cm³/mol. The van der Waals surface area contributed by atoms with Crippen molar-refractivity contribution < 1.29 is 0 Å². The molecule has 2 aromatic heterocycles. The Kier molecular flexibility index (Phi) is 1.57. The van der Waals surface area contributed by atoms with E-state index in [9.17, 15) is 0 Å². The highest BCUT2D eigenvalue weighted by Gasteiger charge is 2.03. The van der Waals surface area contributed by atoms with Crippen LogP contribution >= 0.6 is 0 Å². The van der Waals surface area contributed by atoms with Crippen LogP contribution in [0.15, 0.2) is 18.5 Å². The van der Waals surface area contributed by atoms with E-state index < -0.39 is 0 Å². The number of hydrogen-bond acceptors (Lipinski definition) is 2. The molecule has 0 aromatic carbocycles. The Bertz CT molecular complexity index is 403. The van der Waals surface area contributed by atoms with Gasteiger partial charge in [-0.1, -0.05) is 6.92 Å². The van der Waals surface area contributed by atoms with Gasteiger partial charge in [0.2, 0.25) is 0 Å². The third kappa shape index (κ3) is 0.897. The van der Waals surface area contributed by atoms with Gasteiger partial charge >= 0.3 is 0 Å². The number of aromatic nitrogens is 3. The summed E-state index contributed by atoms with van der Waals surface area (Å²) in [6.45, 7) is 4.14. The van der Waals surface area contributed by atoms with Crippen molar-refractivity contribution in [3.8, 4) is 0 Å². The standard InChI is InChI=1S/C9H11N3/c1-3-8-6-11-12-7(2)4-5-10-9(8)12/h4-6H,3H2,1-2H3. The molecule has 0 bridgehead atoms. The van der Waals surface area contributed by atoms with Gasteiger partial charge in [-0.15, -0.1) is 0 Å². The molecule has 0 radical (unpaired) electrons. The van der Waals surface area contributed by atoms with Gasteiger partial charge < -0.3 is 0 Å². The van der Waals surface area contributed by atoms with E-state index in [2.05, 4.69) is 17.0 Å². The lowest BCUT2D eigenvalue weighted by Gasteiger charge is -1.96. The molecule has 0 atom stereocenters. The second-order valence-electron chi connectivity index (χ2n) is 2.84. The van der Waals surface area contributed by atoms with Crippen molar-refractivity contribution in [2.75, 3.05) is 0 Å². The molecule has 0 saturated carbocycles. The van der Waals surface area contributed by atoms with Gasteiger partial charge in [0.1, 0.15) is 0 Å². The van der Waals surface area contributed by atoms with Crippen molar-refractivity contribution in [2.45, 2.75) is 20.3 Å². The molecule has 0 fully saturated rings. The van der Waals surface area contributed by atoms with E-state index in [0.717, 1.165) is 17.8 Å². The number of rotatable bonds is 1. The maximum Gasteiger partial charge on any atom is 0.158 e. The molecule has 62 valence electrons. The fourth-order valence-electron chi connectivity index (χ4n) is 1.31. The summed E-state index contributed by atoms with van der Waals surface area (Å²) in [4.78, 5) is 4.27. The first-order valence-corrected chi connectivity index (χ1v) is 4.11. The Morgan fingerprint density at radius 3 is 3.08 bits per heavy atom. The Morgan fingerprint density at radius 2 is 2.33 bits per heavy atom. The smallest absolute Gasteiger partial charge is 0.158 e. The monoisotopic (exact) mass is 161 g/mol. The molecule has 2 rings (SSSR count). The summed E-state index contributed by atoms with van der Waals surface area (Å²) in [5.41, 5.74) is 3.32. The SMILES string of the molecule is CCc1cnn2c(C)ccnc12. The van der Waals surface area contributed by atoms with E-state index in [4.69, 9.17) is 0 Å². The fraction of sp³-hybridized carbons (Fsp3) is 0.333. The Hall–Kier alpha value is -1.38. The van der Waals surface area contributed by atoms with Crippen molar-refractivity contribution in [3.05, 3.63) is 29.7 Å². The number of nitrogens with zero attached hydrogens (tertiary/aromatic N) is 3. The van der Waals surface area contributed by atoms with Crippen molar-refractivity contribution in [1.29, 1.82) is 0 Å². The Balaban J connectivity index is 2.80. The van der Waals surface area contributed by atoms with Gasteiger partial charge in [-0.25, -0.2) is 9.50 Å². The summed E-state index contributed by atoms with van der Waals surface area (Å²) in [5, 5.41) is 4.24. The lowest BCUT2D eigenvalue weighted by molar-refractivity contribution is 0.894. The molecular weight excluding hydrogens is 150 g/mol. The Labute approximate surface area is 71.1 Å². The molecule has 0 amide bonds. The van der Waals surface area contributed by atoms with Crippen LogP contribution in [-0.2, 0) is 6.42 Å². The van der Waals surface area contributed by atoms with E-state index in [0.29, 0.717) is 0 Å². The quantitative estimate of drug-likeness (QED) is 0.636. The van der Waals surface area contributed by atoms with Crippen LogP contribution in [0.5, 0.6) is 0 Å². The summed E-state index contributed by atoms with van der Waals surface area (Å²) in [5.74, 6) is 0. The van der Waals surface area contributed by atoms with E-state index in [-0.39, 0.29) is 0 Å². The van der Waals surface area contributed by atoms with Gasteiger partial charge in [0.25, 0.3) is 0 Å². The molecule has 3 heteroatoms. The van der Waals surface area contributed by atoms with Crippen LogP contribution in [0.1, 0.15) is 18.2 Å². The van der Waals surface area contributed by atoms with Crippen molar-refractivity contribution in [3.63, 3.8) is 0 Å². The zero-order valence-corrected chi connectivity index (χ0v) is 7.28. The first-order chi connectivity index (χ1) is 5.83. The van der Waals surface area contributed by atoms with Gasteiger partial charge in [0, 0.05) is 17.5 Å². The highest BCUT2D eigenvalue weighted by atomic mass is 15.2. The van der Waals surface area contributed by atoms with Gasteiger partial charge in [-0.3, -0.25) is 0 Å². The fourth-order valence-corrected chi connectivity index (χ4v) is 1.31. The second-order valence-corrected chi connectivity index (χ2v) is 2.84. The first-order valence-electron chi connectivity index (χ1n) is 4.11. The van der Waals surface area contributed by atoms with Crippen LogP contribution in [-0.4, -0.2) is 14.6 Å². The summed E-state index contributed by atoms with van der Waals surface area (Å²) in [7, 11) is 0. The topological polar surface area (TPSA) is 30.2 Å². The average Bonchev–Trinajstić information content (AvgIpc) is 2.49. The zero-order valence-electron chi connectivity index (χ0n) is 7.28. The van der Waals surface area contributed by atoms with Gasteiger partial charge in [0.15, 0.2) is 5.65 Å². The first kappa shape index (κ1) is 7.28. The second kappa shape index (κ2) is 2.59. The molecule has 0 N–H and O–H groups in total. The van der Waals surface area contributed by atoms with Crippen molar-refractivity contribution >= 4 is 5.65 Å². The average molecular weight is 161 g/mol. The minimum absolute atomic E-state index is 0.984. The molecule has 3 nitrogen and oxygen atoms in total. The summed E-state index contributed by atoms with van der Waals surface area (Å²) in [6, 6.07) is 1.96. The predicted octanol–water partition coefficient (Wildman–Crippen LogP) is 1.60. The molecular formula is C9H11N3. The molecule has 0 aliphatic heterocycles. The maximum atomic E-state index is 4.27. The number of hydrogen-bond donors (Lipinski definition) is 0. The van der Waals surface area contributed by atoms with Gasteiger partial charge in [-0.2, -0.15) is 5.10 Å². The summed E-state index contributed by atoms with van der Waals surface area (Å²) < 4.78 is 1.87. The highest BCUT2D eigenvalue weighted by molar-refractivity contribution is 5.46. The molecule has 0 saturated heterocycles. The lowest BCUT2D eigenvalue weighted by atomic mass is 10.3. The van der Waals surface area contributed by atoms with Crippen LogP contribution in [0.25, 0.3) is 5.65 Å². The summed E-state index contributed by atoms with van der Waals surface area (Å²) >= 11 is 0. The number of fused-ring (bicyclic) bond motifs is 1. The molecule has 2 heterocycles. The minimum atomic E-state index is 0.984. The van der Waals surface area contributed by atoms with Gasteiger partial charge in [-0.05, 0) is 19.4 Å². The van der Waals surface area contributed by atoms with E-state index in [1.165, 1.54) is 5.56 Å². The third-order valence-electron chi connectivity index (χ3n) is 2.04. The van der Waals surface area contributed by atoms with Crippen LogP contribution < -0.4 is 0 Å². The van der Waals surface area contributed by atoms with Crippen LogP contribution in [0, 0.1) is 6.92 Å². The molecule has 0 aliphatic carbocycles. The molecule has 2 aromatic rings. The van der Waals surface area contributed by atoms with Crippen LogP contribution in [0.3, 0.4) is 0 Å². The highest BCUT2D eigenvalue weighted by Crippen LogP contribution is 2.09. The van der Waals surface area contributed by atoms with Crippen LogP contribution in [0.2, 0.25) is 0 Å². The largest absolute Gasteiger partial charge is 0.237 e. The van der Waals surface area contributed by atoms with Crippen LogP contribution in [0.4, 0.5) is 0 Å². The summed E-state index contributed by atoms with van der Waals surface area (Å²) in [6.07, 6.45) is 4.70. The normalized spacial score (nSPS) is 10.8. The Morgan fingerprint density at radius 1 is 1.50 bits per heavy atom. The molecule has 0 spiro atoms. The molecule has 0 aliphatic rings.